The third-order valence-corrected chi connectivity index (χ3v) is 3.25. The van der Waals surface area contributed by atoms with Crippen LogP contribution in [0.3, 0.4) is 0 Å². The molecule has 17 heavy (non-hydrogen) atoms. The van der Waals surface area contributed by atoms with Gasteiger partial charge in [0.25, 0.3) is 0 Å². The summed E-state index contributed by atoms with van der Waals surface area (Å²) >= 11 is 0.151. The lowest BCUT2D eigenvalue weighted by molar-refractivity contribution is 0.920. The Morgan fingerprint density at radius 2 is 2.35 bits per heavy atom. The van der Waals surface area contributed by atoms with Crippen LogP contribution in [0.4, 0.5) is 3.89 Å². The van der Waals surface area contributed by atoms with Crippen LogP contribution >= 0.6 is 12.3 Å². The molecular formula is C11H9FN4S. The summed E-state index contributed by atoms with van der Waals surface area (Å²) in [4.78, 5) is 4.21. The predicted molar refractivity (Wildman–Crippen MR) is 66.1 cm³/mol. The van der Waals surface area contributed by atoms with Crippen molar-refractivity contribution in [2.24, 2.45) is 0 Å². The highest BCUT2D eigenvalue weighted by Crippen LogP contribution is 2.32. The van der Waals surface area contributed by atoms with Crippen molar-refractivity contribution in [2.75, 3.05) is 0 Å². The number of fused-ring (bicyclic) bond motifs is 1. The van der Waals surface area contributed by atoms with Gasteiger partial charge < -0.3 is 0 Å². The van der Waals surface area contributed by atoms with E-state index in [1.54, 1.807) is 18.6 Å². The molecule has 0 spiro atoms. The second kappa shape index (κ2) is 3.89. The van der Waals surface area contributed by atoms with Gasteiger partial charge >= 0.3 is 0 Å². The van der Waals surface area contributed by atoms with E-state index >= 15 is 0 Å². The van der Waals surface area contributed by atoms with Gasteiger partial charge in [0.15, 0.2) is 18.0 Å². The van der Waals surface area contributed by atoms with Gasteiger partial charge in [-0.2, -0.15) is 5.10 Å². The van der Waals surface area contributed by atoms with E-state index in [0.29, 0.717) is 5.65 Å². The van der Waals surface area contributed by atoms with Crippen molar-refractivity contribution in [1.29, 1.82) is 0 Å². The Bertz CT molecular complexity index is 659. The molecule has 3 aromatic heterocycles. The first-order chi connectivity index (χ1) is 8.31. The fourth-order valence-corrected chi connectivity index (χ4v) is 2.31. The first kappa shape index (κ1) is 10.3. The smallest absolute Gasteiger partial charge is 0.171 e. The molecule has 0 saturated carbocycles. The molecule has 0 aliphatic rings. The number of H-pyrrole nitrogens is 1. The summed E-state index contributed by atoms with van der Waals surface area (Å²) in [7, 11) is 0. The van der Waals surface area contributed by atoms with Gasteiger partial charge in [-0.1, -0.05) is 0 Å². The highest BCUT2D eigenvalue weighted by molar-refractivity contribution is 7.93. The Hall–Kier alpha value is -1.82. The quantitative estimate of drug-likeness (QED) is 0.758. The minimum absolute atomic E-state index is 0.151. The SMILES string of the molecule is Cc1ccnc2c1cc(-c1cn[nH]c1)n2SF. The van der Waals surface area contributed by atoms with Gasteiger partial charge in [-0.3, -0.25) is 5.10 Å². The number of aromatic amines is 1. The average Bonchev–Trinajstić information content (AvgIpc) is 2.95. The molecule has 0 saturated heterocycles. The van der Waals surface area contributed by atoms with E-state index in [2.05, 4.69) is 15.2 Å². The molecule has 3 heterocycles. The average molecular weight is 248 g/mol. The molecule has 0 amide bonds. The van der Waals surface area contributed by atoms with Gasteiger partial charge in [-0.15, -0.1) is 3.89 Å². The van der Waals surface area contributed by atoms with Gasteiger partial charge in [-0.05, 0) is 24.6 Å². The van der Waals surface area contributed by atoms with Crippen LogP contribution in [0.15, 0.2) is 30.7 Å². The Morgan fingerprint density at radius 1 is 1.47 bits per heavy atom. The Morgan fingerprint density at radius 3 is 3.06 bits per heavy atom. The molecule has 3 rings (SSSR count). The van der Waals surface area contributed by atoms with E-state index in [-0.39, 0.29) is 12.3 Å². The molecular weight excluding hydrogens is 239 g/mol. The van der Waals surface area contributed by atoms with Crippen molar-refractivity contribution < 1.29 is 3.89 Å². The molecule has 0 fully saturated rings. The molecule has 0 radical (unpaired) electrons. The number of pyridine rings is 1. The van der Waals surface area contributed by atoms with Crippen molar-refractivity contribution in [1.82, 2.24) is 19.2 Å². The van der Waals surface area contributed by atoms with Crippen LogP contribution < -0.4 is 0 Å². The van der Waals surface area contributed by atoms with Crippen LogP contribution in [0.5, 0.6) is 0 Å². The molecule has 1 N–H and O–H groups in total. The summed E-state index contributed by atoms with van der Waals surface area (Å²) in [5, 5.41) is 7.55. The summed E-state index contributed by atoms with van der Waals surface area (Å²) in [6, 6.07) is 3.84. The molecule has 86 valence electrons. The second-order valence-corrected chi connectivity index (χ2v) is 4.25. The summed E-state index contributed by atoms with van der Waals surface area (Å²) < 4.78 is 14.5. The monoisotopic (exact) mass is 248 g/mol. The zero-order chi connectivity index (χ0) is 11.8. The predicted octanol–water partition coefficient (Wildman–Crippen LogP) is 3.12. The fourth-order valence-electron chi connectivity index (χ4n) is 1.87. The highest BCUT2D eigenvalue weighted by atomic mass is 32.2. The lowest BCUT2D eigenvalue weighted by Crippen LogP contribution is -1.88. The van der Waals surface area contributed by atoms with Crippen molar-refractivity contribution in [3.8, 4) is 11.3 Å². The molecule has 0 atom stereocenters. The number of hydrogen-bond donors (Lipinski definition) is 1. The minimum Gasteiger partial charge on any atom is -0.285 e. The largest absolute Gasteiger partial charge is 0.285 e. The summed E-state index contributed by atoms with van der Waals surface area (Å²) in [5.41, 5.74) is 3.30. The van der Waals surface area contributed by atoms with Gasteiger partial charge in [0.05, 0.1) is 11.9 Å². The zero-order valence-electron chi connectivity index (χ0n) is 9.01. The van der Waals surface area contributed by atoms with E-state index < -0.39 is 0 Å². The fraction of sp³-hybridized carbons (Fsp3) is 0.0909. The van der Waals surface area contributed by atoms with Crippen LogP contribution in [0.25, 0.3) is 22.3 Å². The molecule has 0 aromatic carbocycles. The van der Waals surface area contributed by atoms with Crippen LogP contribution in [-0.2, 0) is 0 Å². The topological polar surface area (TPSA) is 46.5 Å². The normalized spacial score (nSPS) is 11.2. The molecule has 6 heteroatoms. The number of aryl methyl sites for hydroxylation is 1. The number of nitrogens with one attached hydrogen (secondary N) is 1. The maximum absolute atomic E-state index is 13.1. The van der Waals surface area contributed by atoms with Crippen LogP contribution in [0.1, 0.15) is 5.56 Å². The number of rotatable bonds is 2. The van der Waals surface area contributed by atoms with E-state index in [1.165, 1.54) is 3.97 Å². The first-order valence-electron chi connectivity index (χ1n) is 5.06. The van der Waals surface area contributed by atoms with Gasteiger partial charge in [-0.25, -0.2) is 8.96 Å². The number of aromatic nitrogens is 4. The van der Waals surface area contributed by atoms with Crippen molar-refractivity contribution >= 4 is 23.4 Å². The molecule has 0 unspecified atom stereocenters. The number of nitrogens with zero attached hydrogens (tertiary/aromatic N) is 3. The van der Waals surface area contributed by atoms with Crippen LogP contribution in [0.2, 0.25) is 0 Å². The van der Waals surface area contributed by atoms with Crippen LogP contribution in [0, 0.1) is 6.92 Å². The first-order valence-corrected chi connectivity index (χ1v) is 5.74. The molecule has 0 aliphatic heterocycles. The zero-order valence-corrected chi connectivity index (χ0v) is 9.83. The molecule has 3 aromatic rings. The summed E-state index contributed by atoms with van der Waals surface area (Å²) in [5.74, 6) is 0. The van der Waals surface area contributed by atoms with Crippen molar-refractivity contribution in [2.45, 2.75) is 6.92 Å². The maximum atomic E-state index is 13.1. The van der Waals surface area contributed by atoms with E-state index in [1.807, 2.05) is 19.1 Å². The van der Waals surface area contributed by atoms with Gasteiger partial charge in [0.1, 0.15) is 0 Å². The van der Waals surface area contributed by atoms with E-state index in [9.17, 15) is 3.89 Å². The summed E-state index contributed by atoms with van der Waals surface area (Å²) in [6.07, 6.45) is 5.08. The molecule has 4 nitrogen and oxygen atoms in total. The Labute approximate surface area is 101 Å². The lowest BCUT2D eigenvalue weighted by atomic mass is 10.2. The van der Waals surface area contributed by atoms with E-state index in [0.717, 1.165) is 22.2 Å². The van der Waals surface area contributed by atoms with Crippen molar-refractivity contribution in [3.63, 3.8) is 0 Å². The molecule has 0 aliphatic carbocycles. The lowest BCUT2D eigenvalue weighted by Gasteiger charge is -2.00. The Kier molecular flexibility index (Phi) is 2.36. The van der Waals surface area contributed by atoms with Crippen LogP contribution in [-0.4, -0.2) is 19.2 Å². The minimum atomic E-state index is 0.151. The number of hydrogen-bond acceptors (Lipinski definition) is 3. The number of halogens is 1. The maximum Gasteiger partial charge on any atom is 0.171 e. The summed E-state index contributed by atoms with van der Waals surface area (Å²) in [6.45, 7) is 1.98. The highest BCUT2D eigenvalue weighted by Gasteiger charge is 2.14. The van der Waals surface area contributed by atoms with Crippen molar-refractivity contribution in [3.05, 3.63) is 36.3 Å². The third-order valence-electron chi connectivity index (χ3n) is 2.74. The van der Waals surface area contributed by atoms with Gasteiger partial charge in [0.2, 0.25) is 0 Å². The van der Waals surface area contributed by atoms with Gasteiger partial charge in [0, 0.05) is 23.3 Å². The Balaban J connectivity index is 2.36. The molecule has 0 bridgehead atoms. The second-order valence-electron chi connectivity index (χ2n) is 3.75. The third kappa shape index (κ3) is 1.52. The van der Waals surface area contributed by atoms with E-state index in [4.69, 9.17) is 0 Å². The standard InChI is InChI=1S/C11H9FN4S/c1-7-2-3-13-11-9(7)4-10(16(11)17-12)8-5-14-15-6-8/h2-6H,1H3,(H,14,15).